The first kappa shape index (κ1) is 13.1. The monoisotopic (exact) mass is 240 g/mol. The van der Waals surface area contributed by atoms with Crippen molar-refractivity contribution in [2.24, 2.45) is 0 Å². The summed E-state index contributed by atoms with van der Waals surface area (Å²) in [5.41, 5.74) is -0.245. The molecule has 94 valence electrons. The van der Waals surface area contributed by atoms with Crippen LogP contribution in [-0.2, 0) is 6.54 Å². The summed E-state index contributed by atoms with van der Waals surface area (Å²) in [6.45, 7) is 5.96. The molecule has 0 bridgehead atoms. The molecule has 1 rings (SSSR count). The lowest BCUT2D eigenvalue weighted by Gasteiger charge is -2.11. The van der Waals surface area contributed by atoms with Gasteiger partial charge in [-0.15, -0.1) is 0 Å². The van der Waals surface area contributed by atoms with Gasteiger partial charge in [-0.25, -0.2) is 0 Å². The molecule has 1 amide bonds. The Morgan fingerprint density at radius 2 is 2.29 bits per heavy atom. The van der Waals surface area contributed by atoms with Crippen LogP contribution < -0.4 is 5.32 Å². The van der Waals surface area contributed by atoms with Crippen molar-refractivity contribution >= 4 is 11.6 Å². The van der Waals surface area contributed by atoms with Crippen LogP contribution in [-0.4, -0.2) is 26.7 Å². The van der Waals surface area contributed by atoms with E-state index in [9.17, 15) is 14.9 Å². The van der Waals surface area contributed by atoms with Crippen LogP contribution in [0.5, 0.6) is 0 Å². The minimum Gasteiger partial charge on any atom is -0.348 e. The number of hydrogen-bond acceptors (Lipinski definition) is 4. The van der Waals surface area contributed by atoms with Crippen molar-refractivity contribution in [3.63, 3.8) is 0 Å². The van der Waals surface area contributed by atoms with Gasteiger partial charge in [0.2, 0.25) is 5.69 Å². The Labute approximate surface area is 99.0 Å². The molecule has 1 aromatic heterocycles. The lowest BCUT2D eigenvalue weighted by molar-refractivity contribution is -0.385. The molecular formula is C10H16N4O3. The zero-order valence-corrected chi connectivity index (χ0v) is 10.1. The first-order valence-electron chi connectivity index (χ1n) is 5.52. The van der Waals surface area contributed by atoms with E-state index >= 15 is 0 Å². The summed E-state index contributed by atoms with van der Waals surface area (Å²) in [6.07, 6.45) is 1.87. The van der Waals surface area contributed by atoms with E-state index in [-0.39, 0.29) is 17.4 Å². The van der Waals surface area contributed by atoms with Gasteiger partial charge < -0.3 is 5.32 Å². The molecule has 1 aromatic rings. The predicted molar refractivity (Wildman–Crippen MR) is 61.8 cm³/mol. The average molecular weight is 240 g/mol. The maximum Gasteiger partial charge on any atom is 0.320 e. The summed E-state index contributed by atoms with van der Waals surface area (Å²) >= 11 is 0. The summed E-state index contributed by atoms with van der Waals surface area (Å²) in [6, 6.07) is -0.0256. The third-order valence-corrected chi connectivity index (χ3v) is 2.52. The molecule has 1 N–H and O–H groups in total. The number of carbonyl (C=O) groups excluding carboxylic acids is 1. The molecule has 1 heterocycles. The normalized spacial score (nSPS) is 12.2. The van der Waals surface area contributed by atoms with E-state index in [1.807, 2.05) is 13.8 Å². The fourth-order valence-corrected chi connectivity index (χ4v) is 1.38. The molecule has 0 aliphatic rings. The fraction of sp³-hybridized carbons (Fsp3) is 0.600. The second-order valence-electron chi connectivity index (χ2n) is 3.73. The van der Waals surface area contributed by atoms with E-state index in [1.54, 1.807) is 6.92 Å². The van der Waals surface area contributed by atoms with E-state index in [4.69, 9.17) is 0 Å². The molecule has 0 spiro atoms. The molecule has 0 radical (unpaired) electrons. The molecule has 0 aliphatic heterocycles. The van der Waals surface area contributed by atoms with Gasteiger partial charge in [-0.05, 0) is 20.3 Å². The van der Waals surface area contributed by atoms with Crippen LogP contribution in [0.3, 0.4) is 0 Å². The molecule has 7 heteroatoms. The molecule has 0 saturated carbocycles. The molecule has 7 nitrogen and oxygen atoms in total. The number of nitro groups is 1. The first-order valence-corrected chi connectivity index (χ1v) is 5.52. The summed E-state index contributed by atoms with van der Waals surface area (Å²) in [5, 5.41) is 17.3. The SMILES string of the molecule is CCC(C)NC(=O)c1c([N+](=O)[O-])cnn1CC. The highest BCUT2D eigenvalue weighted by molar-refractivity contribution is 5.96. The van der Waals surface area contributed by atoms with Gasteiger partial charge in [-0.2, -0.15) is 5.10 Å². The van der Waals surface area contributed by atoms with Crippen molar-refractivity contribution in [3.05, 3.63) is 22.0 Å². The van der Waals surface area contributed by atoms with Gasteiger partial charge in [-0.1, -0.05) is 6.92 Å². The smallest absolute Gasteiger partial charge is 0.320 e. The van der Waals surface area contributed by atoms with E-state index in [2.05, 4.69) is 10.4 Å². The summed E-state index contributed by atoms with van der Waals surface area (Å²) in [7, 11) is 0. The number of hydrogen-bond donors (Lipinski definition) is 1. The molecule has 17 heavy (non-hydrogen) atoms. The standard InChI is InChI=1S/C10H16N4O3/c1-4-7(3)12-10(15)9-8(14(16)17)6-11-13(9)5-2/h6-7H,4-5H2,1-3H3,(H,12,15). The second-order valence-corrected chi connectivity index (χ2v) is 3.73. The van der Waals surface area contributed by atoms with Crippen LogP contribution in [0.2, 0.25) is 0 Å². The second kappa shape index (κ2) is 5.42. The number of nitrogens with one attached hydrogen (secondary N) is 1. The third-order valence-electron chi connectivity index (χ3n) is 2.52. The Morgan fingerprint density at radius 1 is 1.65 bits per heavy atom. The van der Waals surface area contributed by atoms with E-state index in [0.717, 1.165) is 12.6 Å². The third kappa shape index (κ3) is 2.80. The molecule has 0 aromatic carbocycles. The molecule has 1 unspecified atom stereocenters. The topological polar surface area (TPSA) is 90.1 Å². The van der Waals surface area contributed by atoms with Gasteiger partial charge >= 0.3 is 5.69 Å². The van der Waals surface area contributed by atoms with E-state index in [1.165, 1.54) is 4.68 Å². The lowest BCUT2D eigenvalue weighted by Crippen LogP contribution is -2.33. The van der Waals surface area contributed by atoms with E-state index < -0.39 is 10.8 Å². The Bertz CT molecular complexity index is 427. The summed E-state index contributed by atoms with van der Waals surface area (Å²) in [5.74, 6) is -0.453. The summed E-state index contributed by atoms with van der Waals surface area (Å²) in [4.78, 5) is 22.1. The van der Waals surface area contributed by atoms with Gasteiger partial charge in [0.05, 0.1) is 4.92 Å². The number of aromatic nitrogens is 2. The predicted octanol–water partition coefficient (Wildman–Crippen LogP) is 1.34. The number of amides is 1. The Hall–Kier alpha value is -1.92. The zero-order chi connectivity index (χ0) is 13.0. The largest absolute Gasteiger partial charge is 0.348 e. The van der Waals surface area contributed by atoms with Crippen LogP contribution in [0.1, 0.15) is 37.7 Å². The molecular weight excluding hydrogens is 224 g/mol. The number of nitrogens with zero attached hydrogens (tertiary/aromatic N) is 3. The van der Waals surface area contributed by atoms with Crippen molar-refractivity contribution in [2.45, 2.75) is 39.8 Å². The Morgan fingerprint density at radius 3 is 2.76 bits per heavy atom. The van der Waals surface area contributed by atoms with E-state index in [0.29, 0.717) is 6.54 Å². The van der Waals surface area contributed by atoms with Crippen LogP contribution in [0, 0.1) is 10.1 Å². The number of rotatable bonds is 5. The Kier molecular flexibility index (Phi) is 4.19. The fourth-order valence-electron chi connectivity index (χ4n) is 1.38. The van der Waals surface area contributed by atoms with Crippen LogP contribution in [0.15, 0.2) is 6.20 Å². The minimum absolute atomic E-state index is 0.0119. The highest BCUT2D eigenvalue weighted by atomic mass is 16.6. The lowest BCUT2D eigenvalue weighted by atomic mass is 10.2. The zero-order valence-electron chi connectivity index (χ0n) is 10.1. The first-order chi connectivity index (χ1) is 8.01. The van der Waals surface area contributed by atoms with Crippen molar-refractivity contribution in [3.8, 4) is 0 Å². The highest BCUT2D eigenvalue weighted by Crippen LogP contribution is 2.17. The Balaban J connectivity index is 3.05. The van der Waals surface area contributed by atoms with Crippen molar-refractivity contribution in [1.82, 2.24) is 15.1 Å². The molecule has 1 atom stereocenters. The molecule has 0 saturated heterocycles. The van der Waals surface area contributed by atoms with Crippen molar-refractivity contribution in [2.75, 3.05) is 0 Å². The van der Waals surface area contributed by atoms with Gasteiger partial charge in [0.25, 0.3) is 5.91 Å². The molecule has 0 fully saturated rings. The van der Waals surface area contributed by atoms with Gasteiger partial charge in [-0.3, -0.25) is 19.6 Å². The molecule has 0 aliphatic carbocycles. The van der Waals surface area contributed by atoms with Crippen molar-refractivity contribution < 1.29 is 9.72 Å². The number of aryl methyl sites for hydroxylation is 1. The number of carbonyl (C=O) groups is 1. The van der Waals surface area contributed by atoms with Crippen LogP contribution in [0.25, 0.3) is 0 Å². The van der Waals surface area contributed by atoms with Gasteiger partial charge in [0.1, 0.15) is 6.20 Å². The quantitative estimate of drug-likeness (QED) is 0.621. The van der Waals surface area contributed by atoms with Gasteiger partial charge in [0, 0.05) is 12.6 Å². The van der Waals surface area contributed by atoms with Crippen molar-refractivity contribution in [1.29, 1.82) is 0 Å². The minimum atomic E-state index is -0.593. The van der Waals surface area contributed by atoms with Gasteiger partial charge in [0.15, 0.2) is 0 Å². The van der Waals surface area contributed by atoms with Crippen LogP contribution >= 0.6 is 0 Å². The highest BCUT2D eigenvalue weighted by Gasteiger charge is 2.26. The van der Waals surface area contributed by atoms with Crippen LogP contribution in [0.4, 0.5) is 5.69 Å². The summed E-state index contributed by atoms with van der Waals surface area (Å²) < 4.78 is 1.33. The maximum absolute atomic E-state index is 11.9. The maximum atomic E-state index is 11.9. The average Bonchev–Trinajstić information content (AvgIpc) is 2.72.